The molecule has 122 valence electrons. The highest BCUT2D eigenvalue weighted by atomic mass is 19.4. The highest BCUT2D eigenvalue weighted by molar-refractivity contribution is 5.93. The van der Waals surface area contributed by atoms with Gasteiger partial charge in [0, 0.05) is 24.4 Å². The summed E-state index contributed by atoms with van der Waals surface area (Å²) < 4.78 is 38.1. The number of pyridine rings is 1. The quantitative estimate of drug-likeness (QED) is 0.908. The minimum atomic E-state index is -4.40. The van der Waals surface area contributed by atoms with E-state index in [1.54, 1.807) is 13.0 Å². The van der Waals surface area contributed by atoms with Crippen molar-refractivity contribution in [2.75, 3.05) is 6.54 Å². The molecule has 0 aliphatic carbocycles. The van der Waals surface area contributed by atoms with Crippen molar-refractivity contribution in [1.29, 1.82) is 0 Å². The summed E-state index contributed by atoms with van der Waals surface area (Å²) in [5.74, 6) is -0.752. The second-order valence-electron chi connectivity index (χ2n) is 5.18. The van der Waals surface area contributed by atoms with Crippen molar-refractivity contribution in [1.82, 2.24) is 10.3 Å². The number of hydrogen-bond donors (Lipinski definition) is 2. The molecular weight excluding hydrogens is 309 g/mol. The lowest BCUT2D eigenvalue weighted by Gasteiger charge is -2.15. The lowest BCUT2D eigenvalue weighted by atomic mass is 9.98. The summed E-state index contributed by atoms with van der Waals surface area (Å²) >= 11 is 0. The Morgan fingerprint density at radius 3 is 2.65 bits per heavy atom. The Morgan fingerprint density at radius 2 is 2.00 bits per heavy atom. The van der Waals surface area contributed by atoms with Gasteiger partial charge in [-0.3, -0.25) is 9.59 Å². The van der Waals surface area contributed by atoms with Gasteiger partial charge in [0.05, 0.1) is 5.56 Å². The summed E-state index contributed by atoms with van der Waals surface area (Å²) in [5, 5.41) is 2.61. The van der Waals surface area contributed by atoms with E-state index in [0.717, 1.165) is 18.2 Å². The molecule has 1 aromatic heterocycles. The fourth-order valence-electron chi connectivity index (χ4n) is 2.07. The number of carbonyl (C=O) groups is 1. The van der Waals surface area contributed by atoms with Crippen LogP contribution in [0, 0.1) is 0 Å². The summed E-state index contributed by atoms with van der Waals surface area (Å²) in [7, 11) is 0. The van der Waals surface area contributed by atoms with E-state index in [-0.39, 0.29) is 18.0 Å². The Balaban J connectivity index is 2.04. The number of H-pyrrole nitrogens is 1. The van der Waals surface area contributed by atoms with Crippen molar-refractivity contribution < 1.29 is 18.0 Å². The Labute approximate surface area is 130 Å². The van der Waals surface area contributed by atoms with Gasteiger partial charge in [-0.05, 0) is 23.6 Å². The zero-order chi connectivity index (χ0) is 17.0. The van der Waals surface area contributed by atoms with Gasteiger partial charge >= 0.3 is 6.18 Å². The van der Waals surface area contributed by atoms with Crippen LogP contribution in [-0.2, 0) is 6.18 Å². The lowest BCUT2D eigenvalue weighted by Crippen LogP contribution is -2.28. The minimum Gasteiger partial charge on any atom is -0.351 e. The summed E-state index contributed by atoms with van der Waals surface area (Å²) in [6.07, 6.45) is -3.04. The van der Waals surface area contributed by atoms with Crippen LogP contribution in [0.15, 0.2) is 47.4 Å². The number of hydrogen-bond acceptors (Lipinski definition) is 2. The van der Waals surface area contributed by atoms with Crippen molar-refractivity contribution in [3.8, 4) is 0 Å². The van der Waals surface area contributed by atoms with E-state index in [9.17, 15) is 22.8 Å². The van der Waals surface area contributed by atoms with E-state index < -0.39 is 23.2 Å². The molecule has 2 N–H and O–H groups in total. The van der Waals surface area contributed by atoms with Crippen LogP contribution in [0.1, 0.15) is 34.3 Å². The number of aromatic nitrogens is 1. The summed E-state index contributed by atoms with van der Waals surface area (Å²) in [6, 6.07) is 7.61. The maximum absolute atomic E-state index is 12.7. The standard InChI is InChI=1S/C16H15F3N2O2/c1-10(11-3-2-4-13(7-11)16(17,18)19)9-21-15(23)12-5-6-20-14(22)8-12/h2-8,10H,9H2,1H3,(H,20,22)(H,21,23)/t10-/m0/s1. The van der Waals surface area contributed by atoms with Crippen molar-refractivity contribution >= 4 is 5.91 Å². The van der Waals surface area contributed by atoms with Gasteiger partial charge in [0.25, 0.3) is 5.91 Å². The number of alkyl halides is 3. The maximum atomic E-state index is 12.7. The third-order valence-electron chi connectivity index (χ3n) is 3.39. The Morgan fingerprint density at radius 1 is 1.26 bits per heavy atom. The smallest absolute Gasteiger partial charge is 0.351 e. The molecule has 1 amide bonds. The van der Waals surface area contributed by atoms with Crippen LogP contribution >= 0.6 is 0 Å². The van der Waals surface area contributed by atoms with Gasteiger partial charge in [0.2, 0.25) is 5.56 Å². The van der Waals surface area contributed by atoms with Gasteiger partial charge in [-0.1, -0.05) is 25.1 Å². The third kappa shape index (κ3) is 4.45. The van der Waals surface area contributed by atoms with Gasteiger partial charge < -0.3 is 10.3 Å². The molecule has 2 aromatic rings. The topological polar surface area (TPSA) is 62.0 Å². The fraction of sp³-hybridized carbons (Fsp3) is 0.250. The first kappa shape index (κ1) is 16.8. The van der Waals surface area contributed by atoms with Crippen molar-refractivity contribution in [3.63, 3.8) is 0 Å². The van der Waals surface area contributed by atoms with Crippen molar-refractivity contribution in [2.24, 2.45) is 0 Å². The molecule has 0 saturated heterocycles. The lowest BCUT2D eigenvalue weighted by molar-refractivity contribution is -0.137. The molecule has 4 nitrogen and oxygen atoms in total. The number of nitrogens with one attached hydrogen (secondary N) is 2. The van der Waals surface area contributed by atoms with E-state index >= 15 is 0 Å². The fourth-order valence-corrected chi connectivity index (χ4v) is 2.07. The number of rotatable bonds is 4. The molecule has 0 spiro atoms. The third-order valence-corrected chi connectivity index (χ3v) is 3.39. The van der Waals surface area contributed by atoms with Gasteiger partial charge in [0.1, 0.15) is 0 Å². The average Bonchev–Trinajstić information content (AvgIpc) is 2.51. The first-order valence-corrected chi connectivity index (χ1v) is 6.91. The largest absolute Gasteiger partial charge is 0.416 e. The number of amides is 1. The van der Waals surface area contributed by atoms with Crippen molar-refractivity contribution in [3.05, 3.63) is 69.6 Å². The minimum absolute atomic E-state index is 0.160. The van der Waals surface area contributed by atoms with Crippen LogP contribution in [0.3, 0.4) is 0 Å². The number of aromatic amines is 1. The van der Waals surface area contributed by atoms with Gasteiger partial charge in [-0.15, -0.1) is 0 Å². The van der Waals surface area contributed by atoms with Crippen LogP contribution < -0.4 is 10.9 Å². The molecule has 0 fully saturated rings. The average molecular weight is 324 g/mol. The van der Waals surface area contributed by atoms with Crippen LogP contribution in [0.4, 0.5) is 13.2 Å². The molecular formula is C16H15F3N2O2. The Kier molecular flexibility index (Phi) is 4.88. The number of benzene rings is 1. The Bertz CT molecular complexity index is 753. The SMILES string of the molecule is C[C@@H](CNC(=O)c1cc[nH]c(=O)c1)c1cccc(C(F)(F)F)c1. The van der Waals surface area contributed by atoms with Gasteiger partial charge in [-0.2, -0.15) is 13.2 Å². The van der Waals surface area contributed by atoms with E-state index in [2.05, 4.69) is 10.3 Å². The molecule has 7 heteroatoms. The maximum Gasteiger partial charge on any atom is 0.416 e. The second kappa shape index (κ2) is 6.68. The predicted molar refractivity (Wildman–Crippen MR) is 79.3 cm³/mol. The van der Waals surface area contributed by atoms with Crippen LogP contribution in [-0.4, -0.2) is 17.4 Å². The zero-order valence-electron chi connectivity index (χ0n) is 12.3. The summed E-state index contributed by atoms with van der Waals surface area (Å²) in [5.41, 5.74) is -0.442. The molecule has 1 atom stereocenters. The highest BCUT2D eigenvalue weighted by Gasteiger charge is 2.30. The molecule has 1 aromatic carbocycles. The normalized spacial score (nSPS) is 12.7. The van der Waals surface area contributed by atoms with E-state index in [4.69, 9.17) is 0 Å². The van der Waals surface area contributed by atoms with E-state index in [0.29, 0.717) is 5.56 Å². The molecule has 0 unspecified atom stereocenters. The summed E-state index contributed by atoms with van der Waals surface area (Å²) in [4.78, 5) is 25.5. The van der Waals surface area contributed by atoms with Crippen molar-refractivity contribution in [2.45, 2.75) is 19.0 Å². The second-order valence-corrected chi connectivity index (χ2v) is 5.18. The molecule has 23 heavy (non-hydrogen) atoms. The zero-order valence-corrected chi connectivity index (χ0v) is 12.3. The molecule has 0 radical (unpaired) electrons. The summed E-state index contributed by atoms with van der Waals surface area (Å²) in [6.45, 7) is 1.88. The Hall–Kier alpha value is -2.57. The van der Waals surface area contributed by atoms with Crippen LogP contribution in [0.25, 0.3) is 0 Å². The number of carbonyl (C=O) groups excluding carboxylic acids is 1. The highest BCUT2D eigenvalue weighted by Crippen LogP contribution is 2.30. The molecule has 0 saturated carbocycles. The molecule has 0 aliphatic rings. The first-order chi connectivity index (χ1) is 10.8. The van der Waals surface area contributed by atoms with Crippen LogP contribution in [0.5, 0.6) is 0 Å². The monoisotopic (exact) mass is 324 g/mol. The van der Waals surface area contributed by atoms with E-state index in [1.807, 2.05) is 0 Å². The van der Waals surface area contributed by atoms with Crippen LogP contribution in [0.2, 0.25) is 0 Å². The molecule has 0 bridgehead atoms. The number of halogens is 3. The van der Waals surface area contributed by atoms with Gasteiger partial charge in [-0.25, -0.2) is 0 Å². The molecule has 1 heterocycles. The van der Waals surface area contributed by atoms with E-state index in [1.165, 1.54) is 18.3 Å². The molecule has 2 rings (SSSR count). The molecule has 0 aliphatic heterocycles. The first-order valence-electron chi connectivity index (χ1n) is 6.91. The van der Waals surface area contributed by atoms with Gasteiger partial charge in [0.15, 0.2) is 0 Å². The predicted octanol–water partition coefficient (Wildman–Crippen LogP) is 2.93.